The molecule has 2 aromatic heterocycles. The second-order valence-corrected chi connectivity index (χ2v) is 8.13. The molecular formula is C18H17N3O3S2. The fraction of sp³-hybridized carbons (Fsp3) is 0.333. The summed E-state index contributed by atoms with van der Waals surface area (Å²) < 4.78 is 6.26. The number of hydrogen-bond acceptors (Lipinski definition) is 6. The monoisotopic (exact) mass is 387 g/mol. The van der Waals surface area contributed by atoms with Crippen molar-refractivity contribution in [3.8, 4) is 0 Å². The van der Waals surface area contributed by atoms with Crippen molar-refractivity contribution < 1.29 is 14.0 Å². The number of aromatic nitrogens is 1. The third-order valence-corrected chi connectivity index (χ3v) is 5.70. The van der Waals surface area contributed by atoms with Crippen LogP contribution in [-0.2, 0) is 4.79 Å². The zero-order chi connectivity index (χ0) is 18.1. The lowest BCUT2D eigenvalue weighted by Gasteiger charge is -2.22. The molecule has 0 spiro atoms. The van der Waals surface area contributed by atoms with Crippen molar-refractivity contribution in [2.45, 2.75) is 38.1 Å². The molecule has 1 saturated carbocycles. The van der Waals surface area contributed by atoms with E-state index >= 15 is 0 Å². The molecule has 8 heteroatoms. The lowest BCUT2D eigenvalue weighted by Crippen LogP contribution is -2.36. The van der Waals surface area contributed by atoms with Crippen LogP contribution in [0.2, 0.25) is 0 Å². The molecule has 0 radical (unpaired) electrons. The maximum absolute atomic E-state index is 12.7. The summed E-state index contributed by atoms with van der Waals surface area (Å²) in [7, 11) is 0. The van der Waals surface area contributed by atoms with Crippen molar-refractivity contribution in [1.29, 1.82) is 0 Å². The zero-order valence-electron chi connectivity index (χ0n) is 13.9. The fourth-order valence-corrected chi connectivity index (χ4v) is 4.30. The van der Waals surface area contributed by atoms with Gasteiger partial charge >= 0.3 is 0 Å². The summed E-state index contributed by atoms with van der Waals surface area (Å²) in [4.78, 5) is 29.1. The molecule has 26 heavy (non-hydrogen) atoms. The molecule has 2 fully saturated rings. The van der Waals surface area contributed by atoms with E-state index in [9.17, 15) is 9.59 Å². The van der Waals surface area contributed by atoms with Gasteiger partial charge in [-0.15, -0.1) is 0 Å². The largest absolute Gasteiger partial charge is 0.456 e. The van der Waals surface area contributed by atoms with Gasteiger partial charge in [-0.1, -0.05) is 43.2 Å². The molecule has 1 aliphatic carbocycles. The second kappa shape index (κ2) is 7.20. The number of rotatable bonds is 3. The van der Waals surface area contributed by atoms with Gasteiger partial charge in [0.1, 0.15) is 15.6 Å². The Kier molecular flexibility index (Phi) is 4.78. The van der Waals surface area contributed by atoms with Gasteiger partial charge in [-0.3, -0.25) is 14.6 Å². The number of nitrogens with zero attached hydrogens (tertiary/aromatic N) is 1. The summed E-state index contributed by atoms with van der Waals surface area (Å²) in [6.07, 6.45) is 10.3. The molecule has 6 nitrogen and oxygen atoms in total. The van der Waals surface area contributed by atoms with Gasteiger partial charge in [-0.25, -0.2) is 0 Å². The SMILES string of the molecule is O=C1NC(=S)SC1=Cc1cc2cncc(C(=O)NC3CCCCC3)c2o1. The average Bonchev–Trinajstić information content (AvgIpc) is 3.17. The molecule has 0 atom stereocenters. The van der Waals surface area contributed by atoms with Gasteiger partial charge in [-0.2, -0.15) is 0 Å². The van der Waals surface area contributed by atoms with Gasteiger partial charge in [0.25, 0.3) is 11.8 Å². The molecule has 0 unspecified atom stereocenters. The molecule has 0 aromatic carbocycles. The number of thiocarbonyl (C=S) groups is 1. The number of fused-ring (bicyclic) bond motifs is 1. The van der Waals surface area contributed by atoms with E-state index in [0.29, 0.717) is 26.1 Å². The van der Waals surface area contributed by atoms with Crippen molar-refractivity contribution in [2.75, 3.05) is 0 Å². The van der Waals surface area contributed by atoms with Crippen LogP contribution < -0.4 is 10.6 Å². The first-order valence-corrected chi connectivity index (χ1v) is 9.76. The standard InChI is InChI=1S/C18H17N3O3S2/c22-16(20-11-4-2-1-3-5-11)13-9-19-8-10-6-12(24-15(10)13)7-14-17(23)21-18(25)26-14/h6-9,11H,1-5H2,(H,20,22)(H,21,23,25). The fourth-order valence-electron chi connectivity index (χ4n) is 3.28. The molecule has 134 valence electrons. The summed E-state index contributed by atoms with van der Waals surface area (Å²) in [6.45, 7) is 0. The number of amides is 2. The van der Waals surface area contributed by atoms with Crippen molar-refractivity contribution >= 4 is 57.2 Å². The van der Waals surface area contributed by atoms with Crippen molar-refractivity contribution in [2.24, 2.45) is 0 Å². The Bertz CT molecular complexity index is 929. The quantitative estimate of drug-likeness (QED) is 0.620. The van der Waals surface area contributed by atoms with E-state index in [4.69, 9.17) is 16.6 Å². The highest BCUT2D eigenvalue weighted by Crippen LogP contribution is 2.29. The topological polar surface area (TPSA) is 84.2 Å². The van der Waals surface area contributed by atoms with Crippen LogP contribution in [0.1, 0.15) is 48.2 Å². The highest BCUT2D eigenvalue weighted by atomic mass is 32.2. The van der Waals surface area contributed by atoms with Crippen LogP contribution in [0.25, 0.3) is 17.0 Å². The summed E-state index contributed by atoms with van der Waals surface area (Å²) >= 11 is 6.17. The van der Waals surface area contributed by atoms with Crippen LogP contribution in [0.15, 0.2) is 27.8 Å². The Morgan fingerprint density at radius 2 is 2.15 bits per heavy atom. The number of furan rings is 1. The van der Waals surface area contributed by atoms with Crippen LogP contribution in [0.3, 0.4) is 0 Å². The summed E-state index contributed by atoms with van der Waals surface area (Å²) in [5.74, 6) is 0.0774. The molecule has 0 bridgehead atoms. The molecule has 2 aromatic rings. The van der Waals surface area contributed by atoms with Crippen molar-refractivity contribution in [3.63, 3.8) is 0 Å². The van der Waals surface area contributed by atoms with E-state index in [-0.39, 0.29) is 17.9 Å². The van der Waals surface area contributed by atoms with Crippen molar-refractivity contribution in [3.05, 3.63) is 34.7 Å². The summed E-state index contributed by atoms with van der Waals surface area (Å²) in [6, 6.07) is 1.98. The molecule has 2 amide bonds. The van der Waals surface area contributed by atoms with Crippen LogP contribution in [0.5, 0.6) is 0 Å². The third kappa shape index (κ3) is 3.52. The number of carbonyl (C=O) groups is 2. The average molecular weight is 387 g/mol. The maximum Gasteiger partial charge on any atom is 0.263 e. The van der Waals surface area contributed by atoms with E-state index < -0.39 is 0 Å². The van der Waals surface area contributed by atoms with E-state index in [2.05, 4.69) is 15.6 Å². The lowest BCUT2D eigenvalue weighted by atomic mass is 9.95. The molecule has 3 heterocycles. The normalized spacial score (nSPS) is 19.9. The number of thioether (sulfide) groups is 1. The number of carbonyl (C=O) groups excluding carboxylic acids is 2. The molecule has 4 rings (SSSR count). The first-order chi connectivity index (χ1) is 12.6. The maximum atomic E-state index is 12.7. The Hall–Kier alpha value is -2.19. The lowest BCUT2D eigenvalue weighted by molar-refractivity contribution is -0.115. The number of pyridine rings is 1. The van der Waals surface area contributed by atoms with E-state index in [0.717, 1.165) is 31.1 Å². The highest BCUT2D eigenvalue weighted by molar-refractivity contribution is 8.26. The second-order valence-electron chi connectivity index (χ2n) is 6.41. The molecule has 1 saturated heterocycles. The molecule has 1 aliphatic heterocycles. The molecule has 2 aliphatic rings. The van der Waals surface area contributed by atoms with Gasteiger partial charge < -0.3 is 15.1 Å². The molecule has 2 N–H and O–H groups in total. The van der Waals surface area contributed by atoms with Gasteiger partial charge in [-0.05, 0) is 18.9 Å². The Balaban J connectivity index is 1.61. The van der Waals surface area contributed by atoms with E-state index in [1.54, 1.807) is 18.3 Å². The summed E-state index contributed by atoms with van der Waals surface area (Å²) in [5.41, 5.74) is 0.892. The minimum Gasteiger partial charge on any atom is -0.456 e. The minimum atomic E-state index is -0.242. The van der Waals surface area contributed by atoms with Gasteiger partial charge in [0, 0.05) is 29.9 Å². The highest BCUT2D eigenvalue weighted by Gasteiger charge is 2.24. The van der Waals surface area contributed by atoms with Crippen LogP contribution in [0.4, 0.5) is 0 Å². The minimum absolute atomic E-state index is 0.169. The van der Waals surface area contributed by atoms with Crippen LogP contribution >= 0.6 is 24.0 Å². The van der Waals surface area contributed by atoms with E-state index in [1.165, 1.54) is 24.4 Å². The zero-order valence-corrected chi connectivity index (χ0v) is 15.5. The summed E-state index contributed by atoms with van der Waals surface area (Å²) in [5, 5.41) is 6.37. The van der Waals surface area contributed by atoms with Crippen LogP contribution in [-0.4, -0.2) is 27.2 Å². The van der Waals surface area contributed by atoms with Crippen LogP contribution in [0, 0.1) is 0 Å². The third-order valence-electron chi connectivity index (χ3n) is 4.54. The van der Waals surface area contributed by atoms with Crippen molar-refractivity contribution in [1.82, 2.24) is 15.6 Å². The first kappa shape index (κ1) is 17.2. The Morgan fingerprint density at radius 1 is 1.35 bits per heavy atom. The number of nitrogens with one attached hydrogen (secondary N) is 2. The first-order valence-electron chi connectivity index (χ1n) is 8.53. The van der Waals surface area contributed by atoms with Gasteiger partial charge in [0.2, 0.25) is 0 Å². The van der Waals surface area contributed by atoms with Gasteiger partial charge in [0.05, 0.1) is 4.91 Å². The van der Waals surface area contributed by atoms with Gasteiger partial charge in [0.15, 0.2) is 5.58 Å². The number of hydrogen-bond donors (Lipinski definition) is 2. The smallest absolute Gasteiger partial charge is 0.263 e. The Morgan fingerprint density at radius 3 is 2.88 bits per heavy atom. The predicted molar refractivity (Wildman–Crippen MR) is 105 cm³/mol. The van der Waals surface area contributed by atoms with E-state index in [1.807, 2.05) is 0 Å². The molecular weight excluding hydrogens is 370 g/mol. The predicted octanol–water partition coefficient (Wildman–Crippen LogP) is 3.38. The Labute approximate surface area is 159 Å².